The number of aliphatic hydroxyl groups excluding tert-OH is 1. The molecule has 0 bridgehead atoms. The van der Waals surface area contributed by atoms with Crippen LogP contribution in [-0.4, -0.2) is 66.8 Å². The maximum atomic E-state index is 9.96. The largest absolute Gasteiger partial charge is 0.497 e. The maximum absolute atomic E-state index is 9.96. The summed E-state index contributed by atoms with van der Waals surface area (Å²) in [5, 5.41) is 16.2. The highest BCUT2D eigenvalue weighted by atomic mass is 16.5. The highest BCUT2D eigenvalue weighted by Crippen LogP contribution is 2.35. The quantitative estimate of drug-likeness (QED) is 0.627. The van der Waals surface area contributed by atoms with Gasteiger partial charge in [0.25, 0.3) is 0 Å². The van der Waals surface area contributed by atoms with Gasteiger partial charge in [0.1, 0.15) is 11.5 Å². The van der Waals surface area contributed by atoms with Gasteiger partial charge in [-0.25, -0.2) is 4.98 Å². The van der Waals surface area contributed by atoms with Gasteiger partial charge >= 0.3 is 0 Å². The molecule has 2 unspecified atom stereocenters. The Morgan fingerprint density at radius 3 is 2.45 bits per heavy atom. The van der Waals surface area contributed by atoms with Crippen molar-refractivity contribution in [3.63, 3.8) is 0 Å². The van der Waals surface area contributed by atoms with E-state index in [9.17, 15) is 5.11 Å². The third-order valence-corrected chi connectivity index (χ3v) is 5.43. The summed E-state index contributed by atoms with van der Waals surface area (Å²) in [6.45, 7) is 2.73. The average molecular weight is 422 g/mol. The van der Waals surface area contributed by atoms with E-state index in [4.69, 9.17) is 14.5 Å². The molecule has 0 saturated carbocycles. The molecule has 0 spiro atoms. The first kappa shape index (κ1) is 20.9. The second-order valence-corrected chi connectivity index (χ2v) is 7.65. The van der Waals surface area contributed by atoms with E-state index in [-0.39, 0.29) is 18.6 Å². The number of fused-ring (bicyclic) bond motifs is 1. The number of likely N-dealkylation sites (N-methyl/N-ethyl adjacent to an activating group) is 1. The van der Waals surface area contributed by atoms with Crippen LogP contribution in [0.4, 0.5) is 11.4 Å². The number of rotatable bonds is 7. The molecule has 162 valence electrons. The molecular formula is C23H27N5O3. The molecule has 8 heteroatoms. The van der Waals surface area contributed by atoms with Crippen LogP contribution in [0.15, 0.2) is 47.7 Å². The van der Waals surface area contributed by atoms with Crippen LogP contribution in [0.2, 0.25) is 0 Å². The van der Waals surface area contributed by atoms with Gasteiger partial charge in [0.2, 0.25) is 0 Å². The van der Waals surface area contributed by atoms with Gasteiger partial charge in [-0.05, 0) is 25.1 Å². The fourth-order valence-electron chi connectivity index (χ4n) is 3.76. The molecule has 1 aromatic heterocycles. The number of hydrazone groups is 1. The van der Waals surface area contributed by atoms with Crippen molar-refractivity contribution in [3.8, 4) is 11.5 Å². The number of methoxy groups -OCH3 is 2. The van der Waals surface area contributed by atoms with Crippen molar-refractivity contribution in [2.24, 2.45) is 5.10 Å². The van der Waals surface area contributed by atoms with E-state index in [0.29, 0.717) is 11.5 Å². The van der Waals surface area contributed by atoms with Crippen LogP contribution < -0.4 is 14.4 Å². The lowest BCUT2D eigenvalue weighted by Crippen LogP contribution is -2.31. The van der Waals surface area contributed by atoms with Crippen LogP contribution >= 0.6 is 0 Å². The van der Waals surface area contributed by atoms with E-state index in [1.165, 1.54) is 0 Å². The number of benzene rings is 2. The molecular weight excluding hydrogens is 394 g/mol. The molecule has 1 N–H and O–H groups in total. The molecule has 31 heavy (non-hydrogen) atoms. The lowest BCUT2D eigenvalue weighted by Gasteiger charge is -2.31. The number of ether oxygens (including phenoxy) is 2. The van der Waals surface area contributed by atoms with Crippen molar-refractivity contribution in [1.29, 1.82) is 0 Å². The molecule has 2 aromatic carbocycles. The van der Waals surface area contributed by atoms with E-state index < -0.39 is 0 Å². The number of nitrogens with zero attached hydrogens (tertiary/aromatic N) is 5. The first-order chi connectivity index (χ1) is 15.0. The molecule has 0 saturated heterocycles. The zero-order valence-corrected chi connectivity index (χ0v) is 18.2. The average Bonchev–Trinajstić information content (AvgIpc) is 3.24. The van der Waals surface area contributed by atoms with Gasteiger partial charge in [-0.3, -0.25) is 9.99 Å². The van der Waals surface area contributed by atoms with Crippen LogP contribution in [0.3, 0.4) is 0 Å². The molecule has 1 aliphatic heterocycles. The van der Waals surface area contributed by atoms with E-state index in [1.54, 1.807) is 14.2 Å². The molecule has 3 aromatic rings. The number of anilines is 2. The summed E-state index contributed by atoms with van der Waals surface area (Å²) >= 11 is 0. The second kappa shape index (κ2) is 8.77. The van der Waals surface area contributed by atoms with Crippen LogP contribution in [-0.2, 0) is 0 Å². The van der Waals surface area contributed by atoms with Crippen molar-refractivity contribution in [3.05, 3.63) is 48.3 Å². The number of aliphatic hydroxyl groups is 1. The fraction of sp³-hybridized carbons (Fsp3) is 0.348. The number of aromatic nitrogens is 2. The first-order valence-electron chi connectivity index (χ1n) is 10.2. The highest BCUT2D eigenvalue weighted by molar-refractivity contribution is 5.82. The van der Waals surface area contributed by atoms with Gasteiger partial charge < -0.3 is 19.5 Å². The minimum absolute atomic E-state index is 0.0197. The summed E-state index contributed by atoms with van der Waals surface area (Å²) in [5.74, 6) is 1.48. The van der Waals surface area contributed by atoms with Gasteiger partial charge in [-0.15, -0.1) is 0 Å². The third kappa shape index (κ3) is 4.25. The van der Waals surface area contributed by atoms with E-state index in [1.807, 2.05) is 72.7 Å². The van der Waals surface area contributed by atoms with E-state index in [0.717, 1.165) is 34.6 Å². The molecule has 0 amide bonds. The van der Waals surface area contributed by atoms with Crippen molar-refractivity contribution in [2.45, 2.75) is 18.9 Å². The van der Waals surface area contributed by atoms with Gasteiger partial charge in [-0.2, -0.15) is 5.10 Å². The summed E-state index contributed by atoms with van der Waals surface area (Å²) in [4.78, 5) is 11.5. The summed E-state index contributed by atoms with van der Waals surface area (Å²) in [6.07, 6.45) is 3.72. The normalized spacial score (nSPS) is 16.5. The smallest absolute Gasteiger partial charge is 0.124 e. The van der Waals surface area contributed by atoms with Crippen molar-refractivity contribution in [2.75, 3.05) is 39.3 Å². The van der Waals surface area contributed by atoms with Crippen LogP contribution in [0, 0.1) is 0 Å². The Kier molecular flexibility index (Phi) is 5.90. The number of hydrogen-bond donors (Lipinski definition) is 1. The Hall–Kier alpha value is -3.39. The van der Waals surface area contributed by atoms with E-state index in [2.05, 4.69) is 10.1 Å². The van der Waals surface area contributed by atoms with E-state index >= 15 is 0 Å². The summed E-state index contributed by atoms with van der Waals surface area (Å²) in [5.41, 5.74) is 4.25. The monoisotopic (exact) mass is 421 g/mol. The lowest BCUT2D eigenvalue weighted by atomic mass is 10.1. The predicted molar refractivity (Wildman–Crippen MR) is 122 cm³/mol. The summed E-state index contributed by atoms with van der Waals surface area (Å²) in [6, 6.07) is 11.4. The minimum atomic E-state index is -0.180. The molecule has 2 heterocycles. The molecule has 2 atom stereocenters. The Morgan fingerprint density at radius 2 is 1.84 bits per heavy atom. The summed E-state index contributed by atoms with van der Waals surface area (Å²) in [7, 11) is 5.18. The van der Waals surface area contributed by atoms with Crippen molar-refractivity contribution >= 4 is 28.6 Å². The Morgan fingerprint density at radius 1 is 1.10 bits per heavy atom. The topological polar surface area (TPSA) is 83.3 Å². The molecule has 0 fully saturated rings. The van der Waals surface area contributed by atoms with Gasteiger partial charge in [-0.1, -0.05) is 0 Å². The van der Waals surface area contributed by atoms with Gasteiger partial charge in [0, 0.05) is 55.6 Å². The van der Waals surface area contributed by atoms with Crippen LogP contribution in [0.1, 0.15) is 18.5 Å². The molecule has 8 nitrogen and oxygen atoms in total. The Balaban J connectivity index is 1.78. The number of hydrogen-bond acceptors (Lipinski definition) is 8. The molecule has 4 rings (SSSR count). The maximum Gasteiger partial charge on any atom is 0.124 e. The third-order valence-electron chi connectivity index (χ3n) is 5.43. The molecule has 0 aliphatic carbocycles. The highest BCUT2D eigenvalue weighted by Gasteiger charge is 2.21. The van der Waals surface area contributed by atoms with Crippen LogP contribution in [0.5, 0.6) is 11.5 Å². The van der Waals surface area contributed by atoms with Crippen molar-refractivity contribution in [1.82, 2.24) is 15.0 Å². The zero-order valence-electron chi connectivity index (χ0n) is 18.2. The summed E-state index contributed by atoms with van der Waals surface area (Å²) < 4.78 is 10.9. The lowest BCUT2D eigenvalue weighted by molar-refractivity contribution is 0.272. The van der Waals surface area contributed by atoms with Crippen molar-refractivity contribution < 1.29 is 14.6 Å². The Labute approximate surface area is 181 Å². The fourth-order valence-corrected chi connectivity index (χ4v) is 3.76. The van der Waals surface area contributed by atoms with Gasteiger partial charge in [0.05, 0.1) is 49.5 Å². The van der Waals surface area contributed by atoms with Gasteiger partial charge in [0.15, 0.2) is 0 Å². The second-order valence-electron chi connectivity index (χ2n) is 7.65. The molecule has 1 aliphatic rings. The first-order valence-corrected chi connectivity index (χ1v) is 10.2. The predicted octanol–water partition coefficient (Wildman–Crippen LogP) is 3.18. The Bertz CT molecular complexity index is 1080. The minimum Gasteiger partial charge on any atom is -0.497 e. The standard InChI is InChI=1S/C23H27N5O3/c1-15(14-29)28(18-7-19(30-3)10-20(8-18)31-4)17-5-6-21-22(9-17)26-23(12-24-21)16-11-25-27(2)13-16/h5-12,15-16,29H,13-14H2,1-4H3. The SMILES string of the molecule is COc1cc(OC)cc(N(c2ccc3ncc(C4C=NN(C)C4)nc3c2)C(C)CO)c1. The molecule has 0 radical (unpaired) electrons. The van der Waals surface area contributed by atoms with Crippen LogP contribution in [0.25, 0.3) is 11.0 Å². The zero-order chi connectivity index (χ0) is 22.0.